The first-order chi connectivity index (χ1) is 16.8. The molecular formula is C25H29N7O3. The van der Waals surface area contributed by atoms with Gasteiger partial charge in [0.05, 0.1) is 23.4 Å². The van der Waals surface area contributed by atoms with Crippen molar-refractivity contribution in [2.75, 3.05) is 44.5 Å². The Balaban J connectivity index is 1.71. The van der Waals surface area contributed by atoms with Gasteiger partial charge in [-0.2, -0.15) is 0 Å². The summed E-state index contributed by atoms with van der Waals surface area (Å²) in [6.45, 7) is 3.35. The average molecular weight is 476 g/mol. The molecule has 0 unspecified atom stereocenters. The third-order valence-electron chi connectivity index (χ3n) is 5.93. The van der Waals surface area contributed by atoms with Crippen LogP contribution in [0, 0.1) is 17.0 Å². The number of methoxy groups -OCH3 is 1. The SMILES string of the molecule is CNCCN(C)c1cc(OC)c(Nc2nccc(-c3cn(C)c4cc(C)ccc34)n2)cc1[N+](=O)[O-]. The highest BCUT2D eigenvalue weighted by atomic mass is 16.6. The Morgan fingerprint density at radius 2 is 2.03 bits per heavy atom. The molecule has 0 aliphatic heterocycles. The molecule has 0 atom stereocenters. The highest BCUT2D eigenvalue weighted by molar-refractivity contribution is 5.95. The molecule has 2 N–H and O–H groups in total. The number of nitro groups is 1. The maximum atomic E-state index is 11.9. The third-order valence-corrected chi connectivity index (χ3v) is 5.93. The van der Waals surface area contributed by atoms with Gasteiger partial charge < -0.3 is 24.8 Å². The van der Waals surface area contributed by atoms with E-state index in [9.17, 15) is 10.1 Å². The number of likely N-dealkylation sites (N-methyl/N-ethyl adjacent to an activating group) is 2. The molecule has 0 spiro atoms. The highest BCUT2D eigenvalue weighted by Gasteiger charge is 2.22. The number of rotatable bonds is 9. The fourth-order valence-corrected chi connectivity index (χ4v) is 4.06. The molecule has 2 aromatic heterocycles. The number of fused-ring (bicyclic) bond motifs is 1. The van der Waals surface area contributed by atoms with Crippen LogP contribution >= 0.6 is 0 Å². The van der Waals surface area contributed by atoms with Gasteiger partial charge in [0.1, 0.15) is 11.4 Å². The molecule has 0 saturated carbocycles. The smallest absolute Gasteiger partial charge is 0.294 e. The van der Waals surface area contributed by atoms with Crippen LogP contribution < -0.4 is 20.3 Å². The van der Waals surface area contributed by atoms with Crippen molar-refractivity contribution in [1.82, 2.24) is 19.9 Å². The van der Waals surface area contributed by atoms with Crippen LogP contribution in [-0.2, 0) is 7.05 Å². The molecule has 0 fully saturated rings. The lowest BCUT2D eigenvalue weighted by atomic mass is 10.1. The Bertz CT molecular complexity index is 1380. The average Bonchev–Trinajstić information content (AvgIpc) is 3.18. The van der Waals surface area contributed by atoms with E-state index in [1.807, 2.05) is 38.3 Å². The van der Waals surface area contributed by atoms with Gasteiger partial charge in [0.25, 0.3) is 5.69 Å². The van der Waals surface area contributed by atoms with Gasteiger partial charge in [0.2, 0.25) is 5.95 Å². The molecule has 0 aliphatic rings. The predicted octanol–water partition coefficient (Wildman–Crippen LogP) is 4.26. The number of benzene rings is 2. The maximum Gasteiger partial charge on any atom is 0.294 e. The maximum absolute atomic E-state index is 11.9. The van der Waals surface area contributed by atoms with Crippen LogP contribution in [0.2, 0.25) is 0 Å². The molecule has 2 heterocycles. The molecule has 182 valence electrons. The van der Waals surface area contributed by atoms with Crippen LogP contribution in [0.1, 0.15) is 5.56 Å². The number of aryl methyl sites for hydroxylation is 2. The first-order valence-corrected chi connectivity index (χ1v) is 11.2. The van der Waals surface area contributed by atoms with Crippen molar-refractivity contribution in [2.45, 2.75) is 6.92 Å². The van der Waals surface area contributed by atoms with Crippen molar-refractivity contribution in [3.05, 3.63) is 64.5 Å². The number of hydrogen-bond acceptors (Lipinski definition) is 8. The second-order valence-electron chi connectivity index (χ2n) is 8.39. The molecule has 0 amide bonds. The van der Waals surface area contributed by atoms with E-state index in [1.54, 1.807) is 12.3 Å². The van der Waals surface area contributed by atoms with Gasteiger partial charge in [0.15, 0.2) is 0 Å². The van der Waals surface area contributed by atoms with E-state index in [1.165, 1.54) is 18.7 Å². The van der Waals surface area contributed by atoms with Crippen molar-refractivity contribution in [3.63, 3.8) is 0 Å². The number of nitrogens with one attached hydrogen (secondary N) is 2. The number of nitrogens with zero attached hydrogens (tertiary/aromatic N) is 5. The van der Waals surface area contributed by atoms with Crippen molar-refractivity contribution in [3.8, 4) is 17.0 Å². The van der Waals surface area contributed by atoms with Crippen LogP contribution in [0.5, 0.6) is 5.75 Å². The van der Waals surface area contributed by atoms with Crippen LogP contribution in [-0.4, -0.2) is 53.8 Å². The number of anilines is 3. The molecule has 35 heavy (non-hydrogen) atoms. The van der Waals surface area contributed by atoms with Crippen molar-refractivity contribution in [1.29, 1.82) is 0 Å². The van der Waals surface area contributed by atoms with E-state index in [4.69, 9.17) is 9.72 Å². The predicted molar refractivity (Wildman–Crippen MR) is 139 cm³/mol. The largest absolute Gasteiger partial charge is 0.494 e. The third kappa shape index (κ3) is 4.87. The van der Waals surface area contributed by atoms with Crippen molar-refractivity contribution in [2.24, 2.45) is 7.05 Å². The first kappa shape index (κ1) is 24.0. The summed E-state index contributed by atoms with van der Waals surface area (Å²) in [5.41, 5.74) is 4.87. The van der Waals surface area contributed by atoms with E-state index >= 15 is 0 Å². The Hall–Kier alpha value is -4.18. The molecule has 2 aromatic carbocycles. The fraction of sp³-hybridized carbons (Fsp3) is 0.280. The van der Waals surface area contributed by atoms with Crippen molar-refractivity contribution < 1.29 is 9.66 Å². The molecule has 4 aromatic rings. The summed E-state index contributed by atoms with van der Waals surface area (Å²) in [6, 6.07) is 11.3. The van der Waals surface area contributed by atoms with E-state index < -0.39 is 4.92 Å². The van der Waals surface area contributed by atoms with Gasteiger partial charge in [-0.1, -0.05) is 12.1 Å². The zero-order valence-corrected chi connectivity index (χ0v) is 20.5. The molecule has 0 radical (unpaired) electrons. The van der Waals surface area contributed by atoms with Crippen LogP contribution in [0.25, 0.3) is 22.2 Å². The minimum atomic E-state index is -0.398. The van der Waals surface area contributed by atoms with Crippen molar-refractivity contribution >= 4 is 33.9 Å². The van der Waals surface area contributed by atoms with Gasteiger partial charge in [-0.05, 0) is 31.7 Å². The van der Waals surface area contributed by atoms with Gasteiger partial charge >= 0.3 is 0 Å². The van der Waals surface area contributed by atoms with E-state index in [-0.39, 0.29) is 5.69 Å². The lowest BCUT2D eigenvalue weighted by molar-refractivity contribution is -0.384. The number of ether oxygens (including phenoxy) is 1. The lowest BCUT2D eigenvalue weighted by Crippen LogP contribution is -2.27. The number of nitro benzene ring substituents is 1. The molecule has 10 nitrogen and oxygen atoms in total. The summed E-state index contributed by atoms with van der Waals surface area (Å²) in [6.07, 6.45) is 3.70. The summed E-state index contributed by atoms with van der Waals surface area (Å²) in [5, 5.41) is 19.1. The number of hydrogen-bond donors (Lipinski definition) is 2. The fourth-order valence-electron chi connectivity index (χ4n) is 4.06. The highest BCUT2D eigenvalue weighted by Crippen LogP contribution is 2.39. The second-order valence-corrected chi connectivity index (χ2v) is 8.39. The van der Waals surface area contributed by atoms with Gasteiger partial charge in [-0.15, -0.1) is 0 Å². The monoisotopic (exact) mass is 475 g/mol. The van der Waals surface area contributed by atoms with E-state index in [0.29, 0.717) is 36.2 Å². The van der Waals surface area contributed by atoms with Crippen LogP contribution in [0.4, 0.5) is 23.0 Å². The zero-order valence-electron chi connectivity index (χ0n) is 20.5. The minimum Gasteiger partial charge on any atom is -0.494 e. The lowest BCUT2D eigenvalue weighted by Gasteiger charge is -2.21. The topological polar surface area (TPSA) is 110 Å². The Labute approximate surface area is 203 Å². The van der Waals surface area contributed by atoms with Gasteiger partial charge in [0, 0.05) is 68.2 Å². The van der Waals surface area contributed by atoms with E-state index in [2.05, 4.69) is 45.3 Å². The zero-order chi connectivity index (χ0) is 25.1. The van der Waals surface area contributed by atoms with Crippen LogP contribution in [0.15, 0.2) is 48.8 Å². The Morgan fingerprint density at radius 3 is 2.74 bits per heavy atom. The standard InChI is InChI=1S/C25H29N7O3/c1-16-6-7-17-18(15-31(4)21(17)12-16)19-8-9-27-25(28-19)29-20-13-23(32(33)34)22(14-24(20)35-5)30(3)11-10-26-2/h6-9,12-15,26H,10-11H2,1-5H3,(H,27,28,29). The molecule has 4 rings (SSSR count). The molecular weight excluding hydrogens is 446 g/mol. The second kappa shape index (κ2) is 9.98. The molecule has 10 heteroatoms. The van der Waals surface area contributed by atoms with E-state index in [0.717, 1.165) is 22.2 Å². The Morgan fingerprint density at radius 1 is 1.23 bits per heavy atom. The first-order valence-electron chi connectivity index (χ1n) is 11.2. The summed E-state index contributed by atoms with van der Waals surface area (Å²) in [5.74, 6) is 0.770. The normalized spacial score (nSPS) is 11.0. The summed E-state index contributed by atoms with van der Waals surface area (Å²) >= 11 is 0. The summed E-state index contributed by atoms with van der Waals surface area (Å²) in [4.78, 5) is 22.3. The summed E-state index contributed by atoms with van der Waals surface area (Å²) in [7, 11) is 7.18. The van der Waals surface area contributed by atoms with Gasteiger partial charge in [-0.25, -0.2) is 9.97 Å². The quantitative estimate of drug-likeness (QED) is 0.273. The summed E-state index contributed by atoms with van der Waals surface area (Å²) < 4.78 is 7.62. The number of aromatic nitrogens is 3. The van der Waals surface area contributed by atoms with Crippen LogP contribution in [0.3, 0.4) is 0 Å². The molecule has 0 bridgehead atoms. The molecule has 0 saturated heterocycles. The van der Waals surface area contributed by atoms with Gasteiger partial charge in [-0.3, -0.25) is 10.1 Å². The Kier molecular flexibility index (Phi) is 6.83. The minimum absolute atomic E-state index is 0.0347. The molecule has 0 aliphatic carbocycles.